The van der Waals surface area contributed by atoms with Gasteiger partial charge in [0.15, 0.2) is 0 Å². The van der Waals surface area contributed by atoms with Gasteiger partial charge in [-0.05, 0) is 111 Å². The zero-order chi connectivity index (χ0) is 51.7. The monoisotopic (exact) mass is 1020 g/mol. The predicted octanol–water partition coefficient (Wildman–Crippen LogP) is 6.55. The first-order valence-corrected chi connectivity index (χ1v) is 26.2. The summed E-state index contributed by atoms with van der Waals surface area (Å²) >= 11 is 0. The number of anilines is 2. The minimum atomic E-state index is -4.12. The number of sulfonamides is 2. The summed E-state index contributed by atoms with van der Waals surface area (Å²) in [4.78, 5) is 70.5. The van der Waals surface area contributed by atoms with E-state index in [1.165, 1.54) is 60.7 Å². The molecule has 1 fully saturated rings. The zero-order valence-corrected chi connectivity index (χ0v) is 40.7. The number of nitrogens with one attached hydrogen (secondary N) is 6. The molecule has 0 aromatic heterocycles. The maximum atomic E-state index is 13.1. The lowest BCUT2D eigenvalue weighted by Crippen LogP contribution is -2.36. The van der Waals surface area contributed by atoms with Gasteiger partial charge in [-0.2, -0.15) is 9.44 Å². The van der Waals surface area contributed by atoms with E-state index in [1.54, 1.807) is 59.5 Å². The highest BCUT2D eigenvalue weighted by atomic mass is 32.2. The van der Waals surface area contributed by atoms with E-state index in [0.717, 1.165) is 51.4 Å². The fourth-order valence-electron chi connectivity index (χ4n) is 7.33. The van der Waals surface area contributed by atoms with Crippen molar-refractivity contribution >= 4 is 67.0 Å². The van der Waals surface area contributed by atoms with Gasteiger partial charge in [-0.25, -0.2) is 32.6 Å². The lowest BCUT2D eigenvalue weighted by molar-refractivity contribution is -0.151. The number of hydrogen-bond acceptors (Lipinski definition) is 13. The molecular formula is C49H62N6O14S2. The SMILES string of the molecule is O=C(CCCCCCC(=O)Nc1ccc(S(=O)(=O)N[C@H](C(=O)O)c2ccccc2)cc1)NO.O=C(CCCCCCC(=O)Nc1ccc(S(=O)(=O)N[C@H](C(=O)OC2CCCC2)c2ccccc2)cc1)NO. The fourth-order valence-corrected chi connectivity index (χ4v) is 9.68. The number of carbonyl (C=O) groups is 6. The van der Waals surface area contributed by atoms with Crippen LogP contribution in [-0.2, 0) is 53.6 Å². The molecule has 71 heavy (non-hydrogen) atoms. The Morgan fingerprint density at radius 3 is 1.21 bits per heavy atom. The number of carboxylic acids is 1. The number of rotatable bonds is 27. The average molecular weight is 1020 g/mol. The number of amides is 4. The molecule has 0 heterocycles. The van der Waals surface area contributed by atoms with Crippen molar-refractivity contribution in [2.24, 2.45) is 0 Å². The summed E-state index contributed by atoms with van der Waals surface area (Å²) in [6, 6.07) is 25.1. The molecule has 0 saturated heterocycles. The van der Waals surface area contributed by atoms with Gasteiger partial charge in [-0.3, -0.25) is 34.4 Å². The summed E-state index contributed by atoms with van der Waals surface area (Å²) in [7, 11) is -8.19. The average Bonchev–Trinajstić information content (AvgIpc) is 3.88. The Morgan fingerprint density at radius 1 is 0.493 bits per heavy atom. The van der Waals surface area contributed by atoms with E-state index in [9.17, 15) is 50.7 Å². The number of carboxylic acid groups (broad SMARTS) is 1. The van der Waals surface area contributed by atoms with Crippen LogP contribution in [-0.4, -0.2) is 74.0 Å². The van der Waals surface area contributed by atoms with Gasteiger partial charge in [0.05, 0.1) is 9.79 Å². The fraction of sp³-hybridized carbons (Fsp3) is 0.388. The van der Waals surface area contributed by atoms with Crippen LogP contribution in [0.2, 0.25) is 0 Å². The Kier molecular flexibility index (Phi) is 23.8. The molecule has 4 aromatic carbocycles. The van der Waals surface area contributed by atoms with Crippen molar-refractivity contribution < 1.29 is 65.9 Å². The molecule has 4 aromatic rings. The molecule has 1 aliphatic carbocycles. The first-order chi connectivity index (χ1) is 34.0. The second-order valence-corrected chi connectivity index (χ2v) is 20.1. The van der Waals surface area contributed by atoms with Crippen molar-refractivity contribution in [3.05, 3.63) is 120 Å². The topological polar surface area (TPSA) is 313 Å². The van der Waals surface area contributed by atoms with Gasteiger partial charge in [0.2, 0.25) is 43.7 Å². The van der Waals surface area contributed by atoms with E-state index in [-0.39, 0.29) is 53.4 Å². The molecule has 2 atom stereocenters. The molecule has 384 valence electrons. The van der Waals surface area contributed by atoms with Gasteiger partial charge in [-0.1, -0.05) is 86.3 Å². The van der Waals surface area contributed by atoms with Crippen LogP contribution in [0.25, 0.3) is 0 Å². The van der Waals surface area contributed by atoms with Crippen LogP contribution in [0.15, 0.2) is 119 Å². The third-order valence-electron chi connectivity index (χ3n) is 11.1. The van der Waals surface area contributed by atoms with E-state index >= 15 is 0 Å². The zero-order valence-electron chi connectivity index (χ0n) is 39.1. The summed E-state index contributed by atoms with van der Waals surface area (Å²) in [5.41, 5.74) is 4.80. The minimum Gasteiger partial charge on any atom is -0.480 e. The molecule has 1 saturated carbocycles. The molecule has 22 heteroatoms. The van der Waals surface area contributed by atoms with E-state index < -0.39 is 55.9 Å². The standard InChI is InChI=1S/C27H35N3O7S.C22H27N3O7S/c31-24(14-6-1-2-7-15-25(32)29-34)28-21-16-18-23(19-17-21)38(35,36)30-26(20-10-4-3-5-11-20)27(33)37-22-12-8-9-13-22;26-19(10-6-1-2-7-11-20(27)24-30)23-17-12-14-18(15-13-17)33(31,32)25-21(22(28)29)16-8-4-3-5-9-16/h3-5,10-11,16-19,22,26,30,34H,1-2,6-9,12-15H2,(H,28,31)(H,29,32);3-5,8-9,12-15,21,25,30H,1-2,6-7,10-11H2,(H,23,26)(H,24,27)(H,28,29)/t26-;21-/m00/s1. The van der Waals surface area contributed by atoms with E-state index in [0.29, 0.717) is 48.2 Å². The van der Waals surface area contributed by atoms with E-state index in [4.69, 9.17) is 15.2 Å². The third-order valence-corrected chi connectivity index (χ3v) is 14.0. The Balaban J connectivity index is 0.000000312. The number of aliphatic carboxylic acids is 1. The summed E-state index contributed by atoms with van der Waals surface area (Å²) < 4.78 is 61.8. The highest BCUT2D eigenvalue weighted by molar-refractivity contribution is 7.89. The predicted molar refractivity (Wildman–Crippen MR) is 260 cm³/mol. The van der Waals surface area contributed by atoms with Crippen molar-refractivity contribution in [3.63, 3.8) is 0 Å². The number of ether oxygens (including phenoxy) is 1. The van der Waals surface area contributed by atoms with Crippen LogP contribution < -0.4 is 31.0 Å². The second kappa shape index (κ2) is 29.6. The minimum absolute atomic E-state index is 0.0444. The molecule has 0 spiro atoms. The molecule has 9 N–H and O–H groups in total. The maximum absolute atomic E-state index is 13.1. The number of hydrogen-bond donors (Lipinski definition) is 9. The first kappa shape index (κ1) is 57.0. The molecule has 0 aliphatic heterocycles. The van der Waals surface area contributed by atoms with Gasteiger partial charge in [-0.15, -0.1) is 0 Å². The van der Waals surface area contributed by atoms with Gasteiger partial charge in [0, 0.05) is 37.1 Å². The molecular weight excluding hydrogens is 961 g/mol. The number of benzene rings is 4. The van der Waals surface area contributed by atoms with Gasteiger partial charge >= 0.3 is 11.9 Å². The molecule has 1 aliphatic rings. The number of esters is 1. The Labute approximate surface area is 413 Å². The summed E-state index contributed by atoms with van der Waals surface area (Å²) in [5.74, 6) is -3.26. The van der Waals surface area contributed by atoms with Gasteiger partial charge in [0.1, 0.15) is 18.2 Å². The first-order valence-electron chi connectivity index (χ1n) is 23.2. The second-order valence-electron chi connectivity index (χ2n) is 16.7. The smallest absolute Gasteiger partial charge is 0.329 e. The van der Waals surface area contributed by atoms with Crippen molar-refractivity contribution in [3.8, 4) is 0 Å². The number of hydroxylamine groups is 2. The summed E-state index contributed by atoms with van der Waals surface area (Å²) in [6.45, 7) is 0. The quantitative estimate of drug-likeness (QED) is 0.0132. The van der Waals surface area contributed by atoms with Crippen molar-refractivity contribution in [1.29, 1.82) is 0 Å². The molecule has 4 amide bonds. The van der Waals surface area contributed by atoms with Gasteiger partial charge < -0.3 is 20.5 Å². The molecule has 5 rings (SSSR count). The summed E-state index contributed by atoms with van der Waals surface area (Å²) in [6.07, 6.45) is 9.86. The van der Waals surface area contributed by atoms with Crippen LogP contribution >= 0.6 is 0 Å². The van der Waals surface area contributed by atoms with Crippen molar-refractivity contribution in [1.82, 2.24) is 20.4 Å². The highest BCUT2D eigenvalue weighted by Crippen LogP contribution is 2.26. The Bertz CT molecular complexity index is 2560. The van der Waals surface area contributed by atoms with E-state index in [2.05, 4.69) is 20.1 Å². The number of carbonyl (C=O) groups excluding carboxylic acids is 5. The van der Waals surface area contributed by atoms with Crippen LogP contribution in [0.5, 0.6) is 0 Å². The van der Waals surface area contributed by atoms with E-state index in [1.807, 2.05) is 0 Å². The van der Waals surface area contributed by atoms with Crippen LogP contribution in [0.1, 0.15) is 126 Å². The molecule has 0 unspecified atom stereocenters. The lowest BCUT2D eigenvalue weighted by Gasteiger charge is -2.20. The third kappa shape index (κ3) is 20.4. The molecule has 20 nitrogen and oxygen atoms in total. The molecule has 0 radical (unpaired) electrons. The largest absolute Gasteiger partial charge is 0.480 e. The normalized spacial score (nSPS) is 13.4. The lowest BCUT2D eigenvalue weighted by atomic mass is 10.1. The van der Waals surface area contributed by atoms with Gasteiger partial charge in [0.25, 0.3) is 0 Å². The van der Waals surface area contributed by atoms with Crippen LogP contribution in [0, 0.1) is 0 Å². The van der Waals surface area contributed by atoms with Crippen LogP contribution in [0.3, 0.4) is 0 Å². The molecule has 0 bridgehead atoms. The Hall–Kier alpha value is -6.56. The highest BCUT2D eigenvalue weighted by Gasteiger charge is 2.31. The van der Waals surface area contributed by atoms with Crippen molar-refractivity contribution in [2.75, 3.05) is 10.6 Å². The van der Waals surface area contributed by atoms with Crippen molar-refractivity contribution in [2.45, 2.75) is 131 Å². The summed E-state index contributed by atoms with van der Waals surface area (Å²) in [5, 5.41) is 31.7. The number of unbranched alkanes of at least 4 members (excludes halogenated alkanes) is 6. The maximum Gasteiger partial charge on any atom is 0.329 e. The van der Waals surface area contributed by atoms with Crippen LogP contribution in [0.4, 0.5) is 11.4 Å². The Morgan fingerprint density at radius 2 is 0.845 bits per heavy atom.